The molecule has 0 aromatic heterocycles. The van der Waals surface area contributed by atoms with Crippen molar-refractivity contribution < 1.29 is 45.1 Å². The SMILES string of the molecule is CCCCCCCC(CCCCCCC)COC(=O)[C@H](Cc1ccccc1)N[P@](=O)(Oc1ccccc1)Oc1c(F)c(F)c(F)c(F)c1F. The van der Waals surface area contributed by atoms with Crippen LogP contribution in [0.25, 0.3) is 0 Å². The minimum Gasteiger partial charge on any atom is -0.464 e. The third-order valence-corrected chi connectivity index (χ3v) is 9.63. The van der Waals surface area contributed by atoms with Gasteiger partial charge in [0.05, 0.1) is 6.61 Å². The number of carbonyl (C=O) groups is 1. The standard InChI is InChI=1S/C37H47F5NO5P/c1-3-5-7-9-13-21-28(22-14-10-8-6-4-2)26-46-37(44)30(25-27-19-15-11-16-20-27)43-49(45,47-29-23-17-12-18-24-29)48-36-34(41)32(39)31(38)33(40)35(36)42/h11-12,15-20,23-24,28,30H,3-10,13-14,21-22,25-26H2,1-2H3,(H,43,45)/t30-,49-/m0/s1. The summed E-state index contributed by atoms with van der Waals surface area (Å²) in [5.41, 5.74) is 0.600. The molecule has 0 spiro atoms. The monoisotopic (exact) mass is 711 g/mol. The third kappa shape index (κ3) is 13.1. The number of esters is 1. The first-order valence-electron chi connectivity index (χ1n) is 17.1. The van der Waals surface area contributed by atoms with Gasteiger partial charge in [0.25, 0.3) is 0 Å². The van der Waals surface area contributed by atoms with Crippen LogP contribution >= 0.6 is 7.75 Å². The molecule has 0 heterocycles. The number of para-hydroxylation sites is 1. The van der Waals surface area contributed by atoms with Crippen LogP contribution in [0.3, 0.4) is 0 Å². The fourth-order valence-electron chi connectivity index (χ4n) is 5.38. The molecule has 0 aliphatic carbocycles. The van der Waals surface area contributed by atoms with Gasteiger partial charge in [0.2, 0.25) is 34.8 Å². The molecule has 1 N–H and O–H groups in total. The van der Waals surface area contributed by atoms with E-state index in [2.05, 4.69) is 18.9 Å². The van der Waals surface area contributed by atoms with Crippen LogP contribution < -0.4 is 14.1 Å². The lowest BCUT2D eigenvalue weighted by atomic mass is 9.95. The molecule has 3 rings (SSSR count). The van der Waals surface area contributed by atoms with Crippen molar-refractivity contribution in [1.29, 1.82) is 0 Å². The normalized spacial score (nSPS) is 13.2. The molecular weight excluding hydrogens is 664 g/mol. The van der Waals surface area contributed by atoms with Crippen molar-refractivity contribution in [3.8, 4) is 11.5 Å². The summed E-state index contributed by atoms with van der Waals surface area (Å²) >= 11 is 0. The van der Waals surface area contributed by atoms with Gasteiger partial charge in [0, 0.05) is 0 Å². The molecular formula is C37H47F5NO5P. The third-order valence-electron chi connectivity index (χ3n) is 8.12. The highest BCUT2D eigenvalue weighted by Crippen LogP contribution is 2.48. The number of unbranched alkanes of at least 4 members (excludes halogenated alkanes) is 8. The second kappa shape index (κ2) is 20.9. The summed E-state index contributed by atoms with van der Waals surface area (Å²) in [4.78, 5) is 13.7. The summed E-state index contributed by atoms with van der Waals surface area (Å²) in [6.45, 7) is 4.39. The van der Waals surface area contributed by atoms with Gasteiger partial charge in [0.1, 0.15) is 11.8 Å². The number of halogens is 5. The van der Waals surface area contributed by atoms with Crippen molar-refractivity contribution in [2.45, 2.75) is 103 Å². The van der Waals surface area contributed by atoms with E-state index in [-0.39, 0.29) is 24.7 Å². The van der Waals surface area contributed by atoms with Gasteiger partial charge in [-0.25, -0.2) is 17.7 Å². The lowest BCUT2D eigenvalue weighted by molar-refractivity contribution is -0.147. The Morgan fingerprint density at radius 1 is 0.673 bits per heavy atom. The first-order chi connectivity index (χ1) is 23.6. The molecule has 270 valence electrons. The molecule has 3 aromatic rings. The molecule has 12 heteroatoms. The average Bonchev–Trinajstić information content (AvgIpc) is 3.10. The van der Waals surface area contributed by atoms with Crippen molar-refractivity contribution in [3.63, 3.8) is 0 Å². The van der Waals surface area contributed by atoms with Gasteiger partial charge in [0.15, 0.2) is 0 Å². The molecule has 0 radical (unpaired) electrons. The Morgan fingerprint density at radius 2 is 1.16 bits per heavy atom. The van der Waals surface area contributed by atoms with E-state index in [0.717, 1.165) is 77.0 Å². The number of carbonyl (C=O) groups excluding carboxylic acids is 1. The summed E-state index contributed by atoms with van der Waals surface area (Å²) in [5, 5.41) is 2.40. The number of hydrogen-bond acceptors (Lipinski definition) is 5. The van der Waals surface area contributed by atoms with E-state index in [1.54, 1.807) is 36.4 Å². The summed E-state index contributed by atoms with van der Waals surface area (Å²) in [6.07, 6.45) is 12.5. The molecule has 0 fully saturated rings. The second-order valence-electron chi connectivity index (χ2n) is 12.2. The van der Waals surface area contributed by atoms with E-state index in [4.69, 9.17) is 13.8 Å². The minimum absolute atomic E-state index is 0.0848. The predicted octanol–water partition coefficient (Wildman–Crippen LogP) is 11.0. The van der Waals surface area contributed by atoms with Crippen molar-refractivity contribution in [3.05, 3.63) is 95.3 Å². The van der Waals surface area contributed by atoms with Crippen LogP contribution in [0.15, 0.2) is 60.7 Å². The average molecular weight is 712 g/mol. The molecule has 6 nitrogen and oxygen atoms in total. The number of benzene rings is 3. The fourth-order valence-corrected chi connectivity index (χ4v) is 6.90. The summed E-state index contributed by atoms with van der Waals surface area (Å²) in [7, 11) is -5.11. The van der Waals surface area contributed by atoms with E-state index < -0.39 is 54.6 Å². The highest BCUT2D eigenvalue weighted by atomic mass is 31.2. The molecule has 0 saturated heterocycles. The van der Waals surface area contributed by atoms with Crippen LogP contribution in [0.1, 0.15) is 96.5 Å². The lowest BCUT2D eigenvalue weighted by Crippen LogP contribution is -2.40. The maximum atomic E-state index is 14.7. The number of nitrogens with one attached hydrogen (secondary N) is 1. The second-order valence-corrected chi connectivity index (χ2v) is 13.8. The van der Waals surface area contributed by atoms with Gasteiger partial charge in [-0.05, 0) is 42.9 Å². The highest BCUT2D eigenvalue weighted by Gasteiger charge is 2.40. The Bertz CT molecular complexity index is 1440. The van der Waals surface area contributed by atoms with Crippen LogP contribution in [0.5, 0.6) is 11.5 Å². The molecule has 0 amide bonds. The molecule has 3 aromatic carbocycles. The van der Waals surface area contributed by atoms with Gasteiger partial charge in [-0.2, -0.15) is 13.9 Å². The maximum absolute atomic E-state index is 14.7. The van der Waals surface area contributed by atoms with Gasteiger partial charge < -0.3 is 13.8 Å². The minimum atomic E-state index is -5.11. The Morgan fingerprint density at radius 3 is 1.69 bits per heavy atom. The predicted molar refractivity (Wildman–Crippen MR) is 180 cm³/mol. The van der Waals surface area contributed by atoms with Gasteiger partial charge in [-0.3, -0.25) is 4.79 Å². The molecule has 0 bridgehead atoms. The topological polar surface area (TPSA) is 73.9 Å². The zero-order valence-corrected chi connectivity index (χ0v) is 29.1. The van der Waals surface area contributed by atoms with Crippen molar-refractivity contribution in [2.75, 3.05) is 6.61 Å². The molecule has 2 atom stereocenters. The zero-order valence-electron chi connectivity index (χ0n) is 28.2. The fraction of sp³-hybridized carbons (Fsp3) is 0.486. The maximum Gasteiger partial charge on any atom is 0.513 e. The Balaban J connectivity index is 1.88. The molecule has 0 aliphatic heterocycles. The number of rotatable bonds is 23. The molecule has 0 unspecified atom stereocenters. The van der Waals surface area contributed by atoms with E-state index in [1.807, 2.05) is 0 Å². The lowest BCUT2D eigenvalue weighted by Gasteiger charge is -2.26. The van der Waals surface area contributed by atoms with E-state index in [0.29, 0.717) is 5.56 Å². The number of ether oxygens (including phenoxy) is 1. The Labute approximate surface area is 286 Å². The smallest absolute Gasteiger partial charge is 0.464 e. The van der Waals surface area contributed by atoms with Crippen LogP contribution in [0.2, 0.25) is 0 Å². The first-order valence-corrected chi connectivity index (χ1v) is 18.7. The first kappa shape index (κ1) is 40.0. The van der Waals surface area contributed by atoms with Gasteiger partial charge in [-0.15, -0.1) is 0 Å². The van der Waals surface area contributed by atoms with Crippen LogP contribution in [0.4, 0.5) is 22.0 Å². The summed E-state index contributed by atoms with van der Waals surface area (Å²) in [5.74, 6) is -14.4. The molecule has 49 heavy (non-hydrogen) atoms. The zero-order chi connectivity index (χ0) is 35.6. The van der Waals surface area contributed by atoms with E-state index in [1.165, 1.54) is 24.3 Å². The van der Waals surface area contributed by atoms with Crippen LogP contribution in [-0.4, -0.2) is 18.6 Å². The van der Waals surface area contributed by atoms with Crippen molar-refractivity contribution in [1.82, 2.24) is 5.09 Å². The van der Waals surface area contributed by atoms with Crippen molar-refractivity contribution in [2.24, 2.45) is 5.92 Å². The van der Waals surface area contributed by atoms with E-state index in [9.17, 15) is 31.3 Å². The van der Waals surface area contributed by atoms with Crippen molar-refractivity contribution >= 4 is 13.7 Å². The van der Waals surface area contributed by atoms with Crippen LogP contribution in [-0.2, 0) is 20.5 Å². The Kier molecular flexibility index (Phi) is 17.1. The summed E-state index contributed by atoms with van der Waals surface area (Å²) < 4.78 is 102. The largest absolute Gasteiger partial charge is 0.513 e. The highest BCUT2D eigenvalue weighted by molar-refractivity contribution is 7.52. The van der Waals surface area contributed by atoms with Gasteiger partial charge in [-0.1, -0.05) is 127 Å². The summed E-state index contributed by atoms with van der Waals surface area (Å²) in [6, 6.07) is 14.4. The molecule has 0 saturated carbocycles. The Hall–Kier alpha value is -3.43. The molecule has 0 aliphatic rings. The quantitative estimate of drug-likeness (QED) is 0.0264. The van der Waals surface area contributed by atoms with Gasteiger partial charge >= 0.3 is 13.7 Å². The van der Waals surface area contributed by atoms with E-state index >= 15 is 0 Å². The van der Waals surface area contributed by atoms with Crippen LogP contribution in [0, 0.1) is 35.0 Å². The number of hydrogen-bond donors (Lipinski definition) is 1.